The van der Waals surface area contributed by atoms with Crippen LogP contribution in [-0.2, 0) is 11.2 Å². The van der Waals surface area contributed by atoms with Crippen molar-refractivity contribution in [1.82, 2.24) is 4.90 Å². The number of benzene rings is 2. The minimum Gasteiger partial charge on any atom is -0.490 e. The summed E-state index contributed by atoms with van der Waals surface area (Å²) in [6.07, 6.45) is 2.06. The van der Waals surface area contributed by atoms with Crippen LogP contribution < -0.4 is 10.1 Å². The number of hydrogen-bond acceptors (Lipinski definition) is 5. The van der Waals surface area contributed by atoms with Gasteiger partial charge in [0.2, 0.25) is 5.91 Å². The predicted molar refractivity (Wildman–Crippen MR) is 113 cm³/mol. The second-order valence-corrected chi connectivity index (χ2v) is 8.97. The molecule has 2 aliphatic heterocycles. The van der Waals surface area contributed by atoms with Crippen molar-refractivity contribution < 1.29 is 19.7 Å². The normalized spacial score (nSPS) is 29.2. The van der Waals surface area contributed by atoms with Gasteiger partial charge in [-0.05, 0) is 42.2 Å². The topological polar surface area (TPSA) is 82.0 Å². The molecule has 0 spiro atoms. The van der Waals surface area contributed by atoms with Crippen LogP contribution in [0.15, 0.2) is 48.5 Å². The Morgan fingerprint density at radius 3 is 2.83 bits per heavy atom. The van der Waals surface area contributed by atoms with Crippen molar-refractivity contribution in [2.75, 3.05) is 25.0 Å². The highest BCUT2D eigenvalue weighted by Gasteiger charge is 2.52. The molecule has 30 heavy (non-hydrogen) atoms. The Bertz CT molecular complexity index is 934. The maximum absolute atomic E-state index is 11.5. The van der Waals surface area contributed by atoms with E-state index >= 15 is 0 Å². The highest BCUT2D eigenvalue weighted by atomic mass is 16.5. The molecule has 0 unspecified atom stereocenters. The summed E-state index contributed by atoms with van der Waals surface area (Å²) >= 11 is 0. The van der Waals surface area contributed by atoms with Crippen LogP contribution in [0.5, 0.6) is 5.75 Å². The van der Waals surface area contributed by atoms with Gasteiger partial charge in [-0.2, -0.15) is 0 Å². The number of aryl methyl sites for hydroxylation is 1. The van der Waals surface area contributed by atoms with Crippen LogP contribution in [0.25, 0.3) is 0 Å². The van der Waals surface area contributed by atoms with E-state index in [-0.39, 0.29) is 17.9 Å². The lowest BCUT2D eigenvalue weighted by molar-refractivity contribution is -0.116. The van der Waals surface area contributed by atoms with E-state index in [9.17, 15) is 15.0 Å². The highest BCUT2D eigenvalue weighted by molar-refractivity contribution is 5.93. The molecule has 0 aromatic heterocycles. The molecule has 6 nitrogen and oxygen atoms in total. The van der Waals surface area contributed by atoms with E-state index in [1.54, 1.807) is 0 Å². The van der Waals surface area contributed by atoms with Gasteiger partial charge >= 0.3 is 0 Å². The number of anilines is 1. The Labute approximate surface area is 176 Å². The van der Waals surface area contributed by atoms with Crippen LogP contribution in [0.3, 0.4) is 0 Å². The first kappa shape index (κ1) is 19.5. The van der Waals surface area contributed by atoms with Gasteiger partial charge in [-0.15, -0.1) is 0 Å². The SMILES string of the molecule is O=C1CCc2cc([C@H](O)CN3C[C@H]4C[C@H](Oc5ccccc5)C[C@@]4(O)C3)ccc2N1. The van der Waals surface area contributed by atoms with Crippen molar-refractivity contribution >= 4 is 11.6 Å². The molecule has 2 aromatic carbocycles. The number of hydrogen-bond donors (Lipinski definition) is 3. The molecule has 158 valence electrons. The van der Waals surface area contributed by atoms with Gasteiger partial charge in [0.1, 0.15) is 11.9 Å². The molecule has 1 aliphatic carbocycles. The van der Waals surface area contributed by atoms with Crippen LogP contribution in [0.1, 0.15) is 36.5 Å². The number of nitrogens with one attached hydrogen (secondary N) is 1. The average molecular weight is 408 g/mol. The van der Waals surface area contributed by atoms with Gasteiger partial charge in [0.05, 0.1) is 11.7 Å². The third kappa shape index (κ3) is 3.83. The molecule has 1 amide bonds. The largest absolute Gasteiger partial charge is 0.490 e. The number of β-amino-alcohol motifs (C(OH)–C–C–N with tert-alkyl or cyclic N) is 2. The first-order valence-electron chi connectivity index (χ1n) is 10.8. The zero-order valence-electron chi connectivity index (χ0n) is 17.0. The van der Waals surface area contributed by atoms with Crippen LogP contribution in [0.4, 0.5) is 5.69 Å². The number of para-hydroxylation sites is 1. The maximum Gasteiger partial charge on any atom is 0.224 e. The Hall–Kier alpha value is -2.41. The molecule has 3 aliphatic rings. The standard InChI is InChI=1S/C24H28N2O4/c27-22(17-6-8-21-16(10-17)7-9-23(28)25-21)14-26-13-18-11-20(12-24(18,29)15-26)30-19-4-2-1-3-5-19/h1-6,8,10,18,20,22,27,29H,7,9,11-15H2,(H,25,28)/t18-,20+,22-,24-/m1/s1. The molecular weight excluding hydrogens is 380 g/mol. The molecule has 0 radical (unpaired) electrons. The van der Waals surface area contributed by atoms with E-state index in [0.29, 0.717) is 32.4 Å². The Balaban J connectivity index is 1.19. The minimum atomic E-state index is -0.751. The quantitative estimate of drug-likeness (QED) is 0.708. The molecule has 0 bridgehead atoms. The van der Waals surface area contributed by atoms with E-state index in [4.69, 9.17) is 4.74 Å². The van der Waals surface area contributed by atoms with Gasteiger partial charge in [-0.1, -0.05) is 30.3 Å². The molecule has 2 heterocycles. The molecule has 6 heteroatoms. The number of aliphatic hydroxyl groups excluding tert-OH is 1. The fourth-order valence-corrected chi connectivity index (χ4v) is 5.26. The number of aliphatic hydroxyl groups is 2. The van der Waals surface area contributed by atoms with Crippen molar-refractivity contribution in [3.63, 3.8) is 0 Å². The van der Waals surface area contributed by atoms with Gasteiger partial charge in [0.25, 0.3) is 0 Å². The van der Waals surface area contributed by atoms with E-state index in [0.717, 1.165) is 35.5 Å². The lowest BCUT2D eigenvalue weighted by Gasteiger charge is -2.25. The fourth-order valence-electron chi connectivity index (χ4n) is 5.26. The van der Waals surface area contributed by atoms with Gasteiger partial charge < -0.3 is 20.3 Å². The summed E-state index contributed by atoms with van der Waals surface area (Å²) in [6, 6.07) is 15.5. The number of amides is 1. The lowest BCUT2D eigenvalue weighted by Crippen LogP contribution is -2.36. The van der Waals surface area contributed by atoms with Crippen molar-refractivity contribution in [1.29, 1.82) is 0 Å². The van der Waals surface area contributed by atoms with Gasteiger partial charge in [0, 0.05) is 44.1 Å². The van der Waals surface area contributed by atoms with Gasteiger partial charge in [0.15, 0.2) is 0 Å². The Morgan fingerprint density at radius 2 is 2.03 bits per heavy atom. The first-order valence-corrected chi connectivity index (χ1v) is 10.8. The second-order valence-electron chi connectivity index (χ2n) is 8.97. The van der Waals surface area contributed by atoms with Gasteiger partial charge in [-0.25, -0.2) is 0 Å². The van der Waals surface area contributed by atoms with Crippen LogP contribution in [0, 0.1) is 5.92 Å². The molecule has 1 saturated carbocycles. The molecule has 4 atom stereocenters. The zero-order valence-corrected chi connectivity index (χ0v) is 17.0. The fraction of sp³-hybridized carbons (Fsp3) is 0.458. The Morgan fingerprint density at radius 1 is 1.20 bits per heavy atom. The third-order valence-corrected chi connectivity index (χ3v) is 6.75. The van der Waals surface area contributed by atoms with Crippen molar-refractivity contribution in [3.8, 4) is 5.75 Å². The van der Waals surface area contributed by atoms with Gasteiger partial charge in [-0.3, -0.25) is 9.69 Å². The summed E-state index contributed by atoms with van der Waals surface area (Å²) in [4.78, 5) is 13.7. The molecule has 2 fully saturated rings. The van der Waals surface area contributed by atoms with E-state index < -0.39 is 11.7 Å². The molecule has 5 rings (SSSR count). The number of carbonyl (C=O) groups excluding carboxylic acids is 1. The van der Waals surface area contributed by atoms with Crippen LogP contribution in [0.2, 0.25) is 0 Å². The number of ether oxygens (including phenoxy) is 1. The summed E-state index contributed by atoms with van der Waals surface area (Å²) in [7, 11) is 0. The average Bonchev–Trinajstić information content (AvgIpc) is 3.18. The summed E-state index contributed by atoms with van der Waals surface area (Å²) in [6.45, 7) is 1.82. The van der Waals surface area contributed by atoms with E-state index in [2.05, 4.69) is 10.2 Å². The smallest absolute Gasteiger partial charge is 0.224 e. The van der Waals surface area contributed by atoms with Crippen LogP contribution in [-0.4, -0.2) is 52.4 Å². The third-order valence-electron chi connectivity index (χ3n) is 6.75. The first-order chi connectivity index (χ1) is 14.5. The molecule has 1 saturated heterocycles. The highest BCUT2D eigenvalue weighted by Crippen LogP contribution is 2.43. The van der Waals surface area contributed by atoms with Crippen LogP contribution >= 0.6 is 0 Å². The number of carbonyl (C=O) groups is 1. The molecule has 2 aromatic rings. The predicted octanol–water partition coefficient (Wildman–Crippen LogP) is 2.51. The van der Waals surface area contributed by atoms with E-state index in [1.807, 2.05) is 48.5 Å². The summed E-state index contributed by atoms with van der Waals surface area (Å²) in [5, 5.41) is 24.8. The summed E-state index contributed by atoms with van der Waals surface area (Å²) < 4.78 is 6.07. The van der Waals surface area contributed by atoms with Crippen molar-refractivity contribution in [2.24, 2.45) is 5.92 Å². The Kier molecular flexibility index (Phi) is 5.01. The molecule has 3 N–H and O–H groups in total. The van der Waals surface area contributed by atoms with E-state index in [1.165, 1.54) is 0 Å². The second kappa shape index (κ2) is 7.69. The minimum absolute atomic E-state index is 0.0327. The zero-order chi connectivity index (χ0) is 20.7. The number of likely N-dealkylation sites (tertiary alicyclic amines) is 1. The van der Waals surface area contributed by atoms with Crippen molar-refractivity contribution in [3.05, 3.63) is 59.7 Å². The number of fused-ring (bicyclic) bond motifs is 2. The summed E-state index contributed by atoms with van der Waals surface area (Å²) in [5.74, 6) is 1.06. The monoisotopic (exact) mass is 408 g/mol. The number of nitrogens with zero attached hydrogens (tertiary/aromatic N) is 1. The molecular formula is C24H28N2O4. The number of rotatable bonds is 5. The maximum atomic E-state index is 11.5. The summed E-state index contributed by atoms with van der Waals surface area (Å²) in [5.41, 5.74) is 2.03. The van der Waals surface area contributed by atoms with Crippen molar-refractivity contribution in [2.45, 2.75) is 43.5 Å². The lowest BCUT2D eigenvalue weighted by atomic mass is 9.95.